The van der Waals surface area contributed by atoms with Crippen molar-refractivity contribution >= 4 is 22.8 Å². The van der Waals surface area contributed by atoms with Crippen molar-refractivity contribution in [1.82, 2.24) is 15.5 Å². The van der Waals surface area contributed by atoms with Gasteiger partial charge in [0, 0.05) is 36.1 Å². The van der Waals surface area contributed by atoms with Crippen LogP contribution in [0.15, 0.2) is 57.9 Å². The van der Waals surface area contributed by atoms with E-state index in [9.17, 15) is 4.79 Å². The first-order chi connectivity index (χ1) is 15.1. The minimum absolute atomic E-state index is 0.0660. The lowest BCUT2D eigenvalue weighted by Gasteiger charge is -2.18. The van der Waals surface area contributed by atoms with Gasteiger partial charge in [-0.15, -0.1) is 0 Å². The number of hydrogen-bond acceptors (Lipinski definition) is 3. The Morgan fingerprint density at radius 3 is 2.35 bits per heavy atom. The molecule has 0 radical (unpaired) electrons. The molecule has 0 aliphatic carbocycles. The first kappa shape index (κ1) is 22.4. The molecule has 0 fully saturated rings. The molecule has 3 aromatic rings. The molecule has 1 amide bonds. The Morgan fingerprint density at radius 2 is 1.71 bits per heavy atom. The zero-order valence-corrected chi connectivity index (χ0v) is 18.9. The number of rotatable bonds is 8. The number of carbonyl (C=O) groups excluding carboxylic acids is 1. The van der Waals surface area contributed by atoms with Crippen LogP contribution in [0, 0.1) is 6.92 Å². The summed E-state index contributed by atoms with van der Waals surface area (Å²) < 4.78 is 5.98. The Hall–Kier alpha value is -3.28. The van der Waals surface area contributed by atoms with Gasteiger partial charge in [-0.1, -0.05) is 30.3 Å². The molecule has 0 spiro atoms. The average Bonchev–Trinajstić information content (AvgIpc) is 3.12. The van der Waals surface area contributed by atoms with Gasteiger partial charge in [0.2, 0.25) is 0 Å². The molecular formula is C25H32N4O2. The Kier molecular flexibility index (Phi) is 7.70. The van der Waals surface area contributed by atoms with E-state index in [-0.39, 0.29) is 5.91 Å². The number of furan rings is 1. The zero-order chi connectivity index (χ0) is 22.2. The molecule has 0 unspecified atom stereocenters. The van der Waals surface area contributed by atoms with Crippen molar-refractivity contribution in [2.75, 3.05) is 19.6 Å². The van der Waals surface area contributed by atoms with E-state index in [4.69, 9.17) is 4.42 Å². The second kappa shape index (κ2) is 10.7. The number of hydrogen-bond donors (Lipinski definition) is 2. The van der Waals surface area contributed by atoms with E-state index >= 15 is 0 Å². The zero-order valence-electron chi connectivity index (χ0n) is 18.9. The van der Waals surface area contributed by atoms with Gasteiger partial charge < -0.3 is 20.0 Å². The number of carbonyl (C=O) groups is 1. The molecule has 1 heterocycles. The van der Waals surface area contributed by atoms with E-state index in [0.717, 1.165) is 40.4 Å². The SMILES string of the molecule is CCNC(=NCc1ccc(C(=O)N(CC)CC)cc1)NCc1oc2ccccc2c1C. The van der Waals surface area contributed by atoms with Gasteiger partial charge in [0.15, 0.2) is 5.96 Å². The van der Waals surface area contributed by atoms with Crippen molar-refractivity contribution in [3.63, 3.8) is 0 Å². The first-order valence-corrected chi connectivity index (χ1v) is 10.9. The van der Waals surface area contributed by atoms with Gasteiger partial charge in [-0.3, -0.25) is 4.79 Å². The van der Waals surface area contributed by atoms with Gasteiger partial charge in [0.05, 0.1) is 13.1 Å². The van der Waals surface area contributed by atoms with E-state index in [0.29, 0.717) is 31.7 Å². The van der Waals surface area contributed by atoms with Crippen LogP contribution in [0.3, 0.4) is 0 Å². The Balaban J connectivity index is 1.65. The lowest BCUT2D eigenvalue weighted by Crippen LogP contribution is -2.36. The summed E-state index contributed by atoms with van der Waals surface area (Å²) in [4.78, 5) is 19.0. The molecule has 2 aromatic carbocycles. The lowest BCUT2D eigenvalue weighted by atomic mass is 10.1. The normalized spacial score (nSPS) is 11.5. The average molecular weight is 421 g/mol. The van der Waals surface area contributed by atoms with E-state index in [1.807, 2.05) is 68.1 Å². The molecule has 31 heavy (non-hydrogen) atoms. The fourth-order valence-corrected chi connectivity index (χ4v) is 3.52. The number of guanidine groups is 1. The van der Waals surface area contributed by atoms with Crippen LogP contribution in [-0.2, 0) is 13.1 Å². The molecule has 164 valence electrons. The molecule has 0 aliphatic heterocycles. The van der Waals surface area contributed by atoms with Gasteiger partial charge in [0.1, 0.15) is 11.3 Å². The number of nitrogens with zero attached hydrogens (tertiary/aromatic N) is 2. The molecule has 1 aromatic heterocycles. The molecule has 0 atom stereocenters. The summed E-state index contributed by atoms with van der Waals surface area (Å²) in [6.45, 7) is 11.4. The van der Waals surface area contributed by atoms with Crippen LogP contribution in [0.25, 0.3) is 11.0 Å². The van der Waals surface area contributed by atoms with Crippen molar-refractivity contribution in [3.8, 4) is 0 Å². The number of benzene rings is 2. The number of fused-ring (bicyclic) bond motifs is 1. The van der Waals surface area contributed by atoms with Gasteiger partial charge in [-0.25, -0.2) is 4.99 Å². The van der Waals surface area contributed by atoms with Gasteiger partial charge in [0.25, 0.3) is 5.91 Å². The molecule has 6 heteroatoms. The van der Waals surface area contributed by atoms with Crippen LogP contribution >= 0.6 is 0 Å². The molecule has 6 nitrogen and oxygen atoms in total. The lowest BCUT2D eigenvalue weighted by molar-refractivity contribution is 0.0773. The summed E-state index contributed by atoms with van der Waals surface area (Å²) in [7, 11) is 0. The number of aryl methyl sites for hydroxylation is 1. The van der Waals surface area contributed by atoms with Gasteiger partial charge in [-0.2, -0.15) is 0 Å². The van der Waals surface area contributed by atoms with E-state index < -0.39 is 0 Å². The largest absolute Gasteiger partial charge is 0.459 e. The van der Waals surface area contributed by atoms with E-state index in [2.05, 4.69) is 28.6 Å². The quantitative estimate of drug-likeness (QED) is 0.416. The molecule has 0 saturated carbocycles. The highest BCUT2D eigenvalue weighted by Gasteiger charge is 2.12. The summed E-state index contributed by atoms with van der Waals surface area (Å²) in [5.41, 5.74) is 3.81. The molecule has 2 N–H and O–H groups in total. The predicted molar refractivity (Wildman–Crippen MR) is 126 cm³/mol. The van der Waals surface area contributed by atoms with Crippen molar-refractivity contribution < 1.29 is 9.21 Å². The summed E-state index contributed by atoms with van der Waals surface area (Å²) in [5.74, 6) is 1.70. The summed E-state index contributed by atoms with van der Waals surface area (Å²) >= 11 is 0. The Morgan fingerprint density at radius 1 is 1.00 bits per heavy atom. The van der Waals surface area contributed by atoms with Crippen LogP contribution in [0.4, 0.5) is 0 Å². The Bertz CT molecular complexity index is 1030. The number of aliphatic imine (C=N–C) groups is 1. The fraction of sp³-hybridized carbons (Fsp3) is 0.360. The topological polar surface area (TPSA) is 69.9 Å². The van der Waals surface area contributed by atoms with Crippen molar-refractivity contribution in [1.29, 1.82) is 0 Å². The van der Waals surface area contributed by atoms with Crippen LogP contribution in [-0.4, -0.2) is 36.4 Å². The molecular weight excluding hydrogens is 388 g/mol. The summed E-state index contributed by atoms with van der Waals surface area (Å²) in [6, 6.07) is 15.8. The highest BCUT2D eigenvalue weighted by Crippen LogP contribution is 2.24. The van der Waals surface area contributed by atoms with Gasteiger partial charge in [-0.05, 0) is 51.5 Å². The monoisotopic (exact) mass is 420 g/mol. The van der Waals surface area contributed by atoms with Crippen molar-refractivity contribution in [2.45, 2.75) is 40.8 Å². The van der Waals surface area contributed by atoms with Crippen LogP contribution in [0.1, 0.15) is 48.0 Å². The van der Waals surface area contributed by atoms with Crippen molar-refractivity contribution in [3.05, 3.63) is 71.0 Å². The highest BCUT2D eigenvalue weighted by molar-refractivity contribution is 5.94. The van der Waals surface area contributed by atoms with Crippen molar-refractivity contribution in [2.24, 2.45) is 4.99 Å². The van der Waals surface area contributed by atoms with Crippen LogP contribution in [0.2, 0.25) is 0 Å². The standard InChI is InChI=1S/C25H32N4O2/c1-5-26-25(28-17-23-18(4)21-10-8-9-11-22(21)31-23)27-16-19-12-14-20(15-13-19)24(30)29(6-2)7-3/h8-15H,5-7,16-17H2,1-4H3,(H2,26,27,28). The van der Waals surface area contributed by atoms with E-state index in [1.165, 1.54) is 0 Å². The van der Waals surface area contributed by atoms with Gasteiger partial charge >= 0.3 is 0 Å². The second-order valence-corrected chi connectivity index (χ2v) is 7.37. The third-order valence-corrected chi connectivity index (χ3v) is 5.37. The van der Waals surface area contributed by atoms with Crippen LogP contribution in [0.5, 0.6) is 0 Å². The number of nitrogens with one attached hydrogen (secondary N) is 2. The smallest absolute Gasteiger partial charge is 0.253 e. The Labute approximate surface area is 184 Å². The number of para-hydroxylation sites is 1. The first-order valence-electron chi connectivity index (χ1n) is 10.9. The maximum atomic E-state index is 12.5. The molecule has 0 aliphatic rings. The predicted octanol–water partition coefficient (Wildman–Crippen LogP) is 4.48. The summed E-state index contributed by atoms with van der Waals surface area (Å²) in [6.07, 6.45) is 0. The third-order valence-electron chi connectivity index (χ3n) is 5.37. The van der Waals surface area contributed by atoms with Crippen LogP contribution < -0.4 is 10.6 Å². The summed E-state index contributed by atoms with van der Waals surface area (Å²) in [5, 5.41) is 7.77. The minimum atomic E-state index is 0.0660. The maximum Gasteiger partial charge on any atom is 0.253 e. The maximum absolute atomic E-state index is 12.5. The fourth-order valence-electron chi connectivity index (χ4n) is 3.52. The second-order valence-electron chi connectivity index (χ2n) is 7.37. The molecule has 3 rings (SSSR count). The molecule has 0 saturated heterocycles. The number of amides is 1. The molecule has 0 bridgehead atoms. The van der Waals surface area contributed by atoms with E-state index in [1.54, 1.807) is 0 Å². The highest BCUT2D eigenvalue weighted by atomic mass is 16.3. The third kappa shape index (κ3) is 5.45. The minimum Gasteiger partial charge on any atom is -0.459 e.